The van der Waals surface area contributed by atoms with Crippen LogP contribution in [0.3, 0.4) is 0 Å². The third-order valence-electron chi connectivity index (χ3n) is 3.94. The first kappa shape index (κ1) is 15.0. The maximum atomic E-state index is 13.5. The number of nitrogens with one attached hydrogen (secondary N) is 2. The van der Waals surface area contributed by atoms with Crippen molar-refractivity contribution >= 4 is 5.91 Å². The average molecular weight is 278 g/mol. The van der Waals surface area contributed by atoms with Crippen LogP contribution in [0.2, 0.25) is 0 Å². The SMILES string of the molecule is CC(CCc1ccccc1F)C(=O)NC1CCNCC1. The van der Waals surface area contributed by atoms with E-state index in [0.717, 1.165) is 25.9 Å². The van der Waals surface area contributed by atoms with E-state index in [1.54, 1.807) is 12.1 Å². The van der Waals surface area contributed by atoms with E-state index in [9.17, 15) is 9.18 Å². The zero-order chi connectivity index (χ0) is 14.4. The summed E-state index contributed by atoms with van der Waals surface area (Å²) in [5.41, 5.74) is 0.689. The van der Waals surface area contributed by atoms with Crippen molar-refractivity contribution in [2.75, 3.05) is 13.1 Å². The van der Waals surface area contributed by atoms with Gasteiger partial charge < -0.3 is 10.6 Å². The lowest BCUT2D eigenvalue weighted by Crippen LogP contribution is -2.44. The van der Waals surface area contributed by atoms with Crippen LogP contribution in [-0.2, 0) is 11.2 Å². The molecule has 1 unspecified atom stereocenters. The second kappa shape index (κ2) is 7.39. The van der Waals surface area contributed by atoms with Crippen molar-refractivity contribution < 1.29 is 9.18 Å². The summed E-state index contributed by atoms with van der Waals surface area (Å²) in [5, 5.41) is 6.37. The topological polar surface area (TPSA) is 41.1 Å². The molecular weight excluding hydrogens is 255 g/mol. The molecule has 1 heterocycles. The van der Waals surface area contributed by atoms with Crippen molar-refractivity contribution in [2.45, 2.75) is 38.6 Å². The predicted octanol–water partition coefficient (Wildman–Crippen LogP) is 2.26. The van der Waals surface area contributed by atoms with Crippen molar-refractivity contribution in [3.05, 3.63) is 35.6 Å². The van der Waals surface area contributed by atoms with Gasteiger partial charge >= 0.3 is 0 Å². The lowest BCUT2D eigenvalue weighted by atomic mass is 9.98. The smallest absolute Gasteiger partial charge is 0.223 e. The van der Waals surface area contributed by atoms with E-state index in [-0.39, 0.29) is 17.6 Å². The molecule has 1 aliphatic heterocycles. The molecule has 20 heavy (non-hydrogen) atoms. The van der Waals surface area contributed by atoms with Gasteiger partial charge in [-0.1, -0.05) is 25.1 Å². The Kier molecular flexibility index (Phi) is 5.53. The van der Waals surface area contributed by atoms with Crippen LogP contribution in [0.15, 0.2) is 24.3 Å². The van der Waals surface area contributed by atoms with Gasteiger partial charge in [-0.15, -0.1) is 0 Å². The fraction of sp³-hybridized carbons (Fsp3) is 0.562. The van der Waals surface area contributed by atoms with Gasteiger partial charge in [0.15, 0.2) is 0 Å². The summed E-state index contributed by atoms with van der Waals surface area (Å²) in [4.78, 5) is 12.1. The molecule has 1 amide bonds. The number of hydrogen-bond donors (Lipinski definition) is 2. The monoisotopic (exact) mass is 278 g/mol. The number of piperidine rings is 1. The fourth-order valence-electron chi connectivity index (χ4n) is 2.51. The molecule has 0 radical (unpaired) electrons. The summed E-state index contributed by atoms with van der Waals surface area (Å²) in [6.07, 6.45) is 3.27. The molecule has 110 valence electrons. The normalized spacial score (nSPS) is 17.7. The molecule has 0 spiro atoms. The Bertz CT molecular complexity index is 444. The first-order valence-electron chi connectivity index (χ1n) is 7.41. The zero-order valence-electron chi connectivity index (χ0n) is 12.0. The number of hydrogen-bond acceptors (Lipinski definition) is 2. The minimum Gasteiger partial charge on any atom is -0.353 e. The fourth-order valence-corrected chi connectivity index (χ4v) is 2.51. The summed E-state index contributed by atoms with van der Waals surface area (Å²) < 4.78 is 13.5. The summed E-state index contributed by atoms with van der Waals surface area (Å²) in [5.74, 6) is -0.170. The molecule has 2 rings (SSSR count). The van der Waals surface area contributed by atoms with Gasteiger partial charge in [-0.2, -0.15) is 0 Å². The molecular formula is C16H23FN2O. The molecule has 4 heteroatoms. The van der Waals surface area contributed by atoms with Crippen LogP contribution in [0, 0.1) is 11.7 Å². The van der Waals surface area contributed by atoms with Gasteiger partial charge in [0.1, 0.15) is 5.82 Å². The zero-order valence-corrected chi connectivity index (χ0v) is 12.0. The van der Waals surface area contributed by atoms with Gasteiger partial charge in [-0.25, -0.2) is 4.39 Å². The Morgan fingerprint density at radius 1 is 1.40 bits per heavy atom. The van der Waals surface area contributed by atoms with Gasteiger partial charge in [-0.05, 0) is 50.4 Å². The summed E-state index contributed by atoms with van der Waals surface area (Å²) in [6, 6.07) is 7.06. The number of benzene rings is 1. The molecule has 3 nitrogen and oxygen atoms in total. The van der Waals surface area contributed by atoms with E-state index < -0.39 is 0 Å². The highest BCUT2D eigenvalue weighted by atomic mass is 19.1. The van der Waals surface area contributed by atoms with Crippen molar-refractivity contribution in [1.29, 1.82) is 0 Å². The van der Waals surface area contributed by atoms with Crippen molar-refractivity contribution in [1.82, 2.24) is 10.6 Å². The first-order chi connectivity index (χ1) is 9.66. The maximum Gasteiger partial charge on any atom is 0.223 e. The Morgan fingerprint density at radius 2 is 2.10 bits per heavy atom. The minimum atomic E-state index is -0.182. The number of amides is 1. The highest BCUT2D eigenvalue weighted by Gasteiger charge is 2.19. The Labute approximate surface area is 120 Å². The van der Waals surface area contributed by atoms with Crippen LogP contribution in [-0.4, -0.2) is 25.0 Å². The van der Waals surface area contributed by atoms with E-state index in [2.05, 4.69) is 10.6 Å². The molecule has 0 saturated carbocycles. The van der Waals surface area contributed by atoms with Crippen molar-refractivity contribution in [3.63, 3.8) is 0 Å². The van der Waals surface area contributed by atoms with Gasteiger partial charge in [0, 0.05) is 12.0 Å². The van der Waals surface area contributed by atoms with Crippen LogP contribution in [0.4, 0.5) is 4.39 Å². The van der Waals surface area contributed by atoms with Gasteiger partial charge in [0.25, 0.3) is 0 Å². The standard InChI is InChI=1S/C16H23FN2O/c1-12(6-7-13-4-2-3-5-15(13)17)16(20)19-14-8-10-18-11-9-14/h2-5,12,14,18H,6-11H2,1H3,(H,19,20). The molecule has 1 aromatic rings. The van der Waals surface area contributed by atoms with Crippen molar-refractivity contribution in [3.8, 4) is 0 Å². The lowest BCUT2D eigenvalue weighted by molar-refractivity contribution is -0.125. The van der Waals surface area contributed by atoms with Crippen LogP contribution in [0.25, 0.3) is 0 Å². The molecule has 1 aromatic carbocycles. The highest BCUT2D eigenvalue weighted by Crippen LogP contribution is 2.14. The predicted molar refractivity (Wildman–Crippen MR) is 77.9 cm³/mol. The summed E-state index contributed by atoms with van der Waals surface area (Å²) in [7, 11) is 0. The van der Waals surface area contributed by atoms with E-state index >= 15 is 0 Å². The Morgan fingerprint density at radius 3 is 2.80 bits per heavy atom. The van der Waals surface area contributed by atoms with E-state index in [1.165, 1.54) is 6.07 Å². The number of aryl methyl sites for hydroxylation is 1. The summed E-state index contributed by atoms with van der Waals surface area (Å²) >= 11 is 0. The highest BCUT2D eigenvalue weighted by molar-refractivity contribution is 5.78. The van der Waals surface area contributed by atoms with Crippen LogP contribution >= 0.6 is 0 Å². The van der Waals surface area contributed by atoms with E-state index in [0.29, 0.717) is 24.4 Å². The van der Waals surface area contributed by atoms with Gasteiger partial charge in [0.05, 0.1) is 0 Å². The number of carbonyl (C=O) groups is 1. The second-order valence-electron chi connectivity index (χ2n) is 5.56. The quantitative estimate of drug-likeness (QED) is 0.867. The molecule has 1 fully saturated rings. The number of carbonyl (C=O) groups excluding carboxylic acids is 1. The van der Waals surface area contributed by atoms with Crippen LogP contribution in [0.5, 0.6) is 0 Å². The Balaban J connectivity index is 1.77. The largest absolute Gasteiger partial charge is 0.353 e. The molecule has 1 aliphatic rings. The van der Waals surface area contributed by atoms with Gasteiger partial charge in [0.2, 0.25) is 5.91 Å². The second-order valence-corrected chi connectivity index (χ2v) is 5.56. The molecule has 1 saturated heterocycles. The molecule has 0 bridgehead atoms. The van der Waals surface area contributed by atoms with Crippen LogP contribution < -0.4 is 10.6 Å². The van der Waals surface area contributed by atoms with E-state index in [4.69, 9.17) is 0 Å². The average Bonchev–Trinajstić information content (AvgIpc) is 2.47. The third kappa shape index (κ3) is 4.30. The third-order valence-corrected chi connectivity index (χ3v) is 3.94. The number of halogens is 1. The molecule has 2 N–H and O–H groups in total. The molecule has 0 aliphatic carbocycles. The maximum absolute atomic E-state index is 13.5. The first-order valence-corrected chi connectivity index (χ1v) is 7.41. The van der Waals surface area contributed by atoms with E-state index in [1.807, 2.05) is 13.0 Å². The minimum absolute atomic E-state index is 0.0792. The number of rotatable bonds is 5. The van der Waals surface area contributed by atoms with Crippen LogP contribution in [0.1, 0.15) is 31.7 Å². The molecule has 0 aromatic heterocycles. The lowest BCUT2D eigenvalue weighted by Gasteiger charge is -2.25. The van der Waals surface area contributed by atoms with Crippen molar-refractivity contribution in [2.24, 2.45) is 5.92 Å². The Hall–Kier alpha value is -1.42. The summed E-state index contributed by atoms with van der Waals surface area (Å²) in [6.45, 7) is 3.85. The molecule has 1 atom stereocenters. The van der Waals surface area contributed by atoms with Gasteiger partial charge in [-0.3, -0.25) is 4.79 Å².